The molecule has 1 aliphatic carbocycles. The largest absolute Gasteiger partial charge is 0.330 e. The normalized spacial score (nSPS) is 33.0. The number of likely N-dealkylation sites (tertiary alicyclic amines) is 3. The molecule has 7 atom stereocenters. The molecule has 2 N–H and O–H groups in total. The third kappa shape index (κ3) is 3.18. The summed E-state index contributed by atoms with van der Waals surface area (Å²) in [7, 11) is 0. The van der Waals surface area contributed by atoms with Crippen molar-refractivity contribution in [2.45, 2.75) is 62.4 Å². The summed E-state index contributed by atoms with van der Waals surface area (Å²) in [6, 6.07) is 8.54. The molecule has 160 valence electrons. The molecule has 1 aromatic rings. The van der Waals surface area contributed by atoms with E-state index in [1.807, 2.05) is 28.9 Å². The third-order valence-electron chi connectivity index (χ3n) is 7.49. The van der Waals surface area contributed by atoms with Crippen molar-refractivity contribution in [3.05, 3.63) is 41.2 Å². The Morgan fingerprint density at radius 2 is 2.06 bits per heavy atom. The number of nitrogens with two attached hydrogens (primary N) is 1. The van der Waals surface area contributed by atoms with Gasteiger partial charge < -0.3 is 15.5 Å². The van der Waals surface area contributed by atoms with Crippen LogP contribution in [0.4, 0.5) is 5.69 Å². The predicted octanol–water partition coefficient (Wildman–Crippen LogP) is 1.42. The van der Waals surface area contributed by atoms with Crippen molar-refractivity contribution in [1.82, 2.24) is 14.7 Å². The topological polar surface area (TPSA) is 98.0 Å². The quantitative estimate of drug-likeness (QED) is 0.730. The van der Waals surface area contributed by atoms with Gasteiger partial charge in [-0.05, 0) is 37.7 Å². The van der Waals surface area contributed by atoms with Gasteiger partial charge in [-0.25, -0.2) is 4.85 Å². The maximum Gasteiger partial charge on any atom is 0.242 e. The molecule has 8 heteroatoms. The van der Waals surface area contributed by atoms with Gasteiger partial charge in [0.15, 0.2) is 5.69 Å². The first-order chi connectivity index (χ1) is 14.9. The number of nitrogens with zero attached hydrogens (tertiary/aromatic N) is 5. The minimum atomic E-state index is -0.714. The zero-order valence-electron chi connectivity index (χ0n) is 17.5. The molecule has 0 radical (unpaired) electrons. The Bertz CT molecular complexity index is 995. The van der Waals surface area contributed by atoms with Crippen LogP contribution >= 0.6 is 0 Å². The first-order valence-electron chi connectivity index (χ1n) is 10.9. The van der Waals surface area contributed by atoms with E-state index >= 15 is 0 Å². The maximum atomic E-state index is 13.1. The fourth-order valence-corrected chi connectivity index (χ4v) is 5.80. The highest BCUT2D eigenvalue weighted by atomic mass is 16.2. The number of amides is 2. The fraction of sp³-hybridized carbons (Fsp3) is 0.565. The van der Waals surface area contributed by atoms with Crippen LogP contribution in [0.15, 0.2) is 24.3 Å². The van der Waals surface area contributed by atoms with Gasteiger partial charge in [-0.1, -0.05) is 24.3 Å². The van der Waals surface area contributed by atoms with E-state index in [2.05, 4.69) is 10.9 Å². The van der Waals surface area contributed by atoms with Gasteiger partial charge in [0.25, 0.3) is 0 Å². The van der Waals surface area contributed by atoms with E-state index in [1.165, 1.54) is 0 Å². The number of piperazine rings is 1. The standard InChI is InChI=1S/C23H26N6O2/c1-13(14-3-5-16(26-2)6-4-14)28-18-9-21(23(28)31)27(11-18)12-19(25)22(30)29-17(10-24)7-15-8-20(15)29/h3-6,13,15,17-21H,7-9,11-12,25H2,1H3/t13-,15-,17+,18-,19+,20?,21-/m1/s1. The van der Waals surface area contributed by atoms with E-state index in [0.29, 0.717) is 24.7 Å². The molecular weight excluding hydrogens is 392 g/mol. The predicted molar refractivity (Wildman–Crippen MR) is 112 cm³/mol. The van der Waals surface area contributed by atoms with Gasteiger partial charge in [0.1, 0.15) is 6.04 Å². The summed E-state index contributed by atoms with van der Waals surface area (Å²) in [5.41, 5.74) is 7.88. The molecule has 5 rings (SSSR count). The zero-order valence-corrected chi connectivity index (χ0v) is 17.5. The van der Waals surface area contributed by atoms with Crippen molar-refractivity contribution < 1.29 is 9.59 Å². The first-order valence-corrected chi connectivity index (χ1v) is 10.9. The molecule has 2 amide bonds. The van der Waals surface area contributed by atoms with E-state index in [0.717, 1.165) is 24.8 Å². The zero-order chi connectivity index (χ0) is 21.9. The minimum Gasteiger partial charge on any atom is -0.330 e. The van der Waals surface area contributed by atoms with Crippen molar-refractivity contribution in [1.29, 1.82) is 5.26 Å². The SMILES string of the molecule is [C-]#[N+]c1ccc([C@@H](C)N2C(=O)[C@H]3C[C@@H]2CN3C[C@H](N)C(=O)N2C3C[C@H]3C[C@H]2C#N)cc1. The Morgan fingerprint density at radius 3 is 2.71 bits per heavy atom. The Kier molecular flexibility index (Phi) is 4.73. The molecule has 2 bridgehead atoms. The first kappa shape index (κ1) is 20.0. The number of carbonyl (C=O) groups is 2. The van der Waals surface area contributed by atoms with Crippen molar-refractivity contribution in [2.24, 2.45) is 11.7 Å². The number of rotatable bonds is 5. The van der Waals surface area contributed by atoms with E-state index in [1.54, 1.807) is 17.0 Å². The van der Waals surface area contributed by atoms with Crippen molar-refractivity contribution in [3.8, 4) is 6.07 Å². The van der Waals surface area contributed by atoms with Crippen molar-refractivity contribution in [3.63, 3.8) is 0 Å². The van der Waals surface area contributed by atoms with Crippen LogP contribution < -0.4 is 5.73 Å². The molecule has 1 saturated carbocycles. The van der Waals surface area contributed by atoms with E-state index in [4.69, 9.17) is 12.3 Å². The van der Waals surface area contributed by atoms with E-state index in [-0.39, 0.29) is 42.0 Å². The lowest BCUT2D eigenvalue weighted by atomic mass is 10.0. The molecule has 31 heavy (non-hydrogen) atoms. The average Bonchev–Trinajstić information content (AvgIpc) is 3.11. The Balaban J connectivity index is 1.23. The monoisotopic (exact) mass is 418 g/mol. The minimum absolute atomic E-state index is 0.0625. The highest BCUT2D eigenvalue weighted by Gasteiger charge is 2.56. The lowest BCUT2D eigenvalue weighted by Gasteiger charge is -2.38. The van der Waals surface area contributed by atoms with Crippen LogP contribution in [0, 0.1) is 23.8 Å². The second-order valence-corrected chi connectivity index (χ2v) is 9.28. The Labute approximate surface area is 182 Å². The van der Waals surface area contributed by atoms with Gasteiger partial charge in [-0.15, -0.1) is 0 Å². The van der Waals surface area contributed by atoms with Crippen LogP contribution in [0.3, 0.4) is 0 Å². The summed E-state index contributed by atoms with van der Waals surface area (Å²) >= 11 is 0. The average molecular weight is 419 g/mol. The maximum absolute atomic E-state index is 13.1. The number of nitriles is 1. The number of carbonyl (C=O) groups excluding carboxylic acids is 2. The molecule has 1 aromatic carbocycles. The second kappa shape index (κ2) is 7.33. The summed E-state index contributed by atoms with van der Waals surface area (Å²) in [5, 5.41) is 9.35. The van der Waals surface area contributed by atoms with Crippen LogP contribution in [0.2, 0.25) is 0 Å². The van der Waals surface area contributed by atoms with E-state index in [9.17, 15) is 14.9 Å². The summed E-state index contributed by atoms with van der Waals surface area (Å²) in [6.07, 6.45) is 2.49. The molecule has 3 saturated heterocycles. The van der Waals surface area contributed by atoms with Gasteiger partial charge in [-0.2, -0.15) is 5.26 Å². The molecule has 0 aromatic heterocycles. The second-order valence-electron chi connectivity index (χ2n) is 9.28. The Hall–Kier alpha value is -2.94. The smallest absolute Gasteiger partial charge is 0.242 e. The number of hydrogen-bond donors (Lipinski definition) is 1. The van der Waals surface area contributed by atoms with Gasteiger partial charge in [0, 0.05) is 25.2 Å². The number of benzene rings is 1. The van der Waals surface area contributed by atoms with Gasteiger partial charge in [0.05, 0.1) is 30.8 Å². The van der Waals surface area contributed by atoms with Gasteiger partial charge in [0.2, 0.25) is 11.8 Å². The summed E-state index contributed by atoms with van der Waals surface area (Å²) in [6.45, 7) is 10.2. The molecular formula is C23H26N6O2. The van der Waals surface area contributed by atoms with Crippen LogP contribution in [0.5, 0.6) is 0 Å². The molecule has 8 nitrogen and oxygen atoms in total. The lowest BCUT2D eigenvalue weighted by Crippen LogP contribution is -2.57. The Morgan fingerprint density at radius 1 is 1.32 bits per heavy atom. The van der Waals surface area contributed by atoms with Gasteiger partial charge >= 0.3 is 0 Å². The molecule has 1 unspecified atom stereocenters. The van der Waals surface area contributed by atoms with Crippen LogP contribution in [0.1, 0.15) is 37.8 Å². The molecule has 0 spiro atoms. The highest BCUT2D eigenvalue weighted by molar-refractivity contribution is 5.87. The number of piperidine rings is 1. The molecule has 4 fully saturated rings. The van der Waals surface area contributed by atoms with Crippen molar-refractivity contribution in [2.75, 3.05) is 13.1 Å². The number of hydrogen-bond acceptors (Lipinski definition) is 5. The summed E-state index contributed by atoms with van der Waals surface area (Å²) < 4.78 is 0. The third-order valence-corrected chi connectivity index (χ3v) is 7.49. The molecule has 3 aliphatic heterocycles. The van der Waals surface area contributed by atoms with Crippen LogP contribution in [-0.2, 0) is 9.59 Å². The van der Waals surface area contributed by atoms with E-state index < -0.39 is 6.04 Å². The molecule has 3 heterocycles. The highest BCUT2D eigenvalue weighted by Crippen LogP contribution is 2.48. The lowest BCUT2D eigenvalue weighted by molar-refractivity contribution is -0.141. The summed E-state index contributed by atoms with van der Waals surface area (Å²) in [4.78, 5) is 35.2. The van der Waals surface area contributed by atoms with Crippen LogP contribution in [0.25, 0.3) is 4.85 Å². The van der Waals surface area contributed by atoms with Crippen LogP contribution in [-0.4, -0.2) is 69.8 Å². The fourth-order valence-electron chi connectivity index (χ4n) is 5.80. The summed E-state index contributed by atoms with van der Waals surface area (Å²) in [5.74, 6) is 0.386. The van der Waals surface area contributed by atoms with Crippen molar-refractivity contribution >= 4 is 17.5 Å². The molecule has 4 aliphatic rings. The number of fused-ring (bicyclic) bond motifs is 3. The van der Waals surface area contributed by atoms with Gasteiger partial charge in [-0.3, -0.25) is 14.5 Å².